The summed E-state index contributed by atoms with van der Waals surface area (Å²) in [7, 11) is 0. The third-order valence-corrected chi connectivity index (χ3v) is 4.38. The molecule has 0 radical (unpaired) electrons. The first-order chi connectivity index (χ1) is 9.22. The number of fused-ring (bicyclic) bond motifs is 1. The molecule has 1 aliphatic rings. The van der Waals surface area contributed by atoms with Crippen LogP contribution >= 0.6 is 11.3 Å². The lowest BCUT2D eigenvalue weighted by Gasteiger charge is -2.31. The Bertz CT molecular complexity index is 577. The molecular weight excluding hydrogens is 254 g/mol. The summed E-state index contributed by atoms with van der Waals surface area (Å²) in [6.07, 6.45) is 3.42. The second-order valence-electron chi connectivity index (χ2n) is 5.15. The van der Waals surface area contributed by atoms with Crippen molar-refractivity contribution in [2.45, 2.75) is 26.2 Å². The summed E-state index contributed by atoms with van der Waals surface area (Å²) >= 11 is 1.53. The summed E-state index contributed by atoms with van der Waals surface area (Å²) in [5.74, 6) is 0. The predicted molar refractivity (Wildman–Crippen MR) is 81.9 cm³/mol. The van der Waals surface area contributed by atoms with Gasteiger partial charge >= 0.3 is 0 Å². The fourth-order valence-corrected chi connectivity index (χ4v) is 3.32. The number of anilines is 2. The molecule has 100 valence electrons. The highest BCUT2D eigenvalue weighted by atomic mass is 32.1. The lowest BCUT2D eigenvalue weighted by atomic mass is 9.99. The minimum Gasteiger partial charge on any atom is -0.375 e. The first-order valence-electron chi connectivity index (χ1n) is 6.77. The SMILES string of the molecule is Cc1ccc2c(c1)CCCN2CCc1csc(N)n1. The van der Waals surface area contributed by atoms with Gasteiger partial charge in [-0.1, -0.05) is 17.7 Å². The lowest BCUT2D eigenvalue weighted by Crippen LogP contribution is -2.31. The van der Waals surface area contributed by atoms with Crippen molar-refractivity contribution in [1.82, 2.24) is 4.98 Å². The molecule has 3 nitrogen and oxygen atoms in total. The Labute approximate surface area is 118 Å². The van der Waals surface area contributed by atoms with Crippen molar-refractivity contribution in [1.29, 1.82) is 0 Å². The van der Waals surface area contributed by atoms with E-state index in [2.05, 4.69) is 40.4 Å². The van der Waals surface area contributed by atoms with Gasteiger partial charge in [-0.3, -0.25) is 0 Å². The number of nitrogen functional groups attached to an aromatic ring is 1. The van der Waals surface area contributed by atoms with Crippen LogP contribution in [0.4, 0.5) is 10.8 Å². The largest absolute Gasteiger partial charge is 0.375 e. The van der Waals surface area contributed by atoms with E-state index in [0.29, 0.717) is 5.13 Å². The van der Waals surface area contributed by atoms with Gasteiger partial charge in [-0.2, -0.15) is 0 Å². The minimum absolute atomic E-state index is 0.671. The summed E-state index contributed by atoms with van der Waals surface area (Å²) in [6, 6.07) is 6.79. The third-order valence-electron chi connectivity index (χ3n) is 3.66. The fourth-order valence-electron chi connectivity index (χ4n) is 2.72. The van der Waals surface area contributed by atoms with E-state index in [1.54, 1.807) is 0 Å². The van der Waals surface area contributed by atoms with Crippen molar-refractivity contribution in [3.05, 3.63) is 40.4 Å². The van der Waals surface area contributed by atoms with Crippen LogP contribution < -0.4 is 10.6 Å². The molecule has 1 aliphatic heterocycles. The van der Waals surface area contributed by atoms with Crippen molar-refractivity contribution in [2.75, 3.05) is 23.7 Å². The van der Waals surface area contributed by atoms with Gasteiger partial charge in [0.1, 0.15) is 0 Å². The smallest absolute Gasteiger partial charge is 0.180 e. The molecule has 0 unspecified atom stereocenters. The van der Waals surface area contributed by atoms with Crippen molar-refractivity contribution in [3.8, 4) is 0 Å². The van der Waals surface area contributed by atoms with Gasteiger partial charge in [0.25, 0.3) is 0 Å². The van der Waals surface area contributed by atoms with Crippen LogP contribution in [0.3, 0.4) is 0 Å². The molecule has 1 aromatic heterocycles. The standard InChI is InChI=1S/C15H19N3S/c1-11-4-5-14-12(9-11)3-2-7-18(14)8-6-13-10-19-15(16)17-13/h4-5,9-10H,2-3,6-8H2,1H3,(H2,16,17). The lowest BCUT2D eigenvalue weighted by molar-refractivity contribution is 0.684. The fraction of sp³-hybridized carbons (Fsp3) is 0.400. The molecule has 0 bridgehead atoms. The Morgan fingerprint density at radius 1 is 1.42 bits per heavy atom. The maximum atomic E-state index is 5.67. The molecule has 2 heterocycles. The van der Waals surface area contributed by atoms with Crippen LogP contribution in [0.1, 0.15) is 23.2 Å². The van der Waals surface area contributed by atoms with Crippen molar-refractivity contribution < 1.29 is 0 Å². The number of aryl methyl sites for hydroxylation is 2. The molecular formula is C15H19N3S. The Balaban J connectivity index is 1.73. The van der Waals surface area contributed by atoms with Crippen molar-refractivity contribution in [3.63, 3.8) is 0 Å². The second kappa shape index (κ2) is 5.21. The van der Waals surface area contributed by atoms with Crippen molar-refractivity contribution >= 4 is 22.2 Å². The molecule has 1 aromatic carbocycles. The molecule has 0 amide bonds. The number of thiazole rings is 1. The number of aromatic nitrogens is 1. The highest BCUT2D eigenvalue weighted by Gasteiger charge is 2.16. The number of benzene rings is 1. The number of nitrogens with two attached hydrogens (primary N) is 1. The Hall–Kier alpha value is -1.55. The molecule has 2 aromatic rings. The van der Waals surface area contributed by atoms with Gasteiger partial charge in [-0.15, -0.1) is 11.3 Å². The Morgan fingerprint density at radius 3 is 3.11 bits per heavy atom. The summed E-state index contributed by atoms with van der Waals surface area (Å²) in [4.78, 5) is 6.81. The van der Waals surface area contributed by atoms with E-state index < -0.39 is 0 Å². The van der Waals surface area contributed by atoms with E-state index in [1.165, 1.54) is 41.0 Å². The second-order valence-corrected chi connectivity index (χ2v) is 6.04. The van der Waals surface area contributed by atoms with Gasteiger partial charge < -0.3 is 10.6 Å². The van der Waals surface area contributed by atoms with E-state index in [4.69, 9.17) is 5.73 Å². The molecule has 3 rings (SSSR count). The first-order valence-corrected chi connectivity index (χ1v) is 7.65. The zero-order valence-electron chi connectivity index (χ0n) is 11.2. The van der Waals surface area contributed by atoms with Crippen LogP contribution in [-0.4, -0.2) is 18.1 Å². The molecule has 0 saturated carbocycles. The van der Waals surface area contributed by atoms with Crippen LogP contribution in [0.25, 0.3) is 0 Å². The third kappa shape index (κ3) is 2.73. The molecule has 0 spiro atoms. The topological polar surface area (TPSA) is 42.1 Å². The van der Waals surface area contributed by atoms with E-state index in [9.17, 15) is 0 Å². The quantitative estimate of drug-likeness (QED) is 0.934. The summed E-state index contributed by atoms with van der Waals surface area (Å²) in [5.41, 5.74) is 11.0. The maximum absolute atomic E-state index is 5.67. The molecule has 0 atom stereocenters. The highest BCUT2D eigenvalue weighted by Crippen LogP contribution is 2.28. The van der Waals surface area contributed by atoms with Gasteiger partial charge in [0, 0.05) is 30.6 Å². The van der Waals surface area contributed by atoms with E-state index in [0.717, 1.165) is 25.2 Å². The number of hydrogen-bond acceptors (Lipinski definition) is 4. The van der Waals surface area contributed by atoms with E-state index >= 15 is 0 Å². The maximum Gasteiger partial charge on any atom is 0.180 e. The Kier molecular flexibility index (Phi) is 3.42. The van der Waals surface area contributed by atoms with Crippen LogP contribution in [-0.2, 0) is 12.8 Å². The number of hydrogen-bond donors (Lipinski definition) is 1. The van der Waals surface area contributed by atoms with Crippen molar-refractivity contribution in [2.24, 2.45) is 0 Å². The van der Waals surface area contributed by atoms with Gasteiger partial charge in [-0.05, 0) is 31.4 Å². The summed E-state index contributed by atoms with van der Waals surface area (Å²) < 4.78 is 0. The zero-order valence-corrected chi connectivity index (χ0v) is 12.0. The predicted octanol–water partition coefficient (Wildman–Crippen LogP) is 3.03. The highest BCUT2D eigenvalue weighted by molar-refractivity contribution is 7.13. The van der Waals surface area contributed by atoms with Gasteiger partial charge in [0.05, 0.1) is 5.69 Å². The number of nitrogens with zero attached hydrogens (tertiary/aromatic N) is 2. The van der Waals surface area contributed by atoms with E-state index in [-0.39, 0.29) is 0 Å². The van der Waals surface area contributed by atoms with Gasteiger partial charge in [0.2, 0.25) is 0 Å². The Morgan fingerprint density at radius 2 is 2.32 bits per heavy atom. The zero-order chi connectivity index (χ0) is 13.2. The summed E-state index contributed by atoms with van der Waals surface area (Å²) in [6.45, 7) is 4.34. The van der Waals surface area contributed by atoms with Gasteiger partial charge in [-0.25, -0.2) is 4.98 Å². The van der Waals surface area contributed by atoms with Crippen LogP contribution in [0.2, 0.25) is 0 Å². The molecule has 2 N–H and O–H groups in total. The monoisotopic (exact) mass is 273 g/mol. The molecule has 19 heavy (non-hydrogen) atoms. The summed E-state index contributed by atoms with van der Waals surface area (Å²) in [5, 5.41) is 2.74. The van der Waals surface area contributed by atoms with Crippen LogP contribution in [0, 0.1) is 6.92 Å². The van der Waals surface area contributed by atoms with E-state index in [1.807, 2.05) is 0 Å². The molecule has 0 fully saturated rings. The minimum atomic E-state index is 0.671. The molecule has 4 heteroatoms. The average Bonchev–Trinajstić information content (AvgIpc) is 2.81. The normalized spacial score (nSPS) is 14.5. The average molecular weight is 273 g/mol. The van der Waals surface area contributed by atoms with Crippen LogP contribution in [0.5, 0.6) is 0 Å². The number of rotatable bonds is 3. The van der Waals surface area contributed by atoms with Crippen LogP contribution in [0.15, 0.2) is 23.6 Å². The molecule has 0 aliphatic carbocycles. The first kappa shape index (κ1) is 12.5. The van der Waals surface area contributed by atoms with Gasteiger partial charge in [0.15, 0.2) is 5.13 Å². The molecule has 0 saturated heterocycles.